The quantitative estimate of drug-likeness (QED) is 0.309. The van der Waals surface area contributed by atoms with Gasteiger partial charge in [-0.2, -0.15) is 25.2 Å². The van der Waals surface area contributed by atoms with E-state index in [4.69, 9.17) is 39.7 Å². The first kappa shape index (κ1) is 30.2. The molecule has 2 fully saturated rings. The number of aliphatic hydroxyl groups is 1. The van der Waals surface area contributed by atoms with Crippen molar-refractivity contribution in [3.05, 3.63) is 57.3 Å². The molecule has 4 aromatic rings. The molecule has 0 radical (unpaired) electrons. The second-order valence-electron chi connectivity index (χ2n) is 13.6. The fourth-order valence-corrected chi connectivity index (χ4v) is 9.08. The van der Waals surface area contributed by atoms with Crippen LogP contribution in [-0.4, -0.2) is 80.2 Å². The van der Waals surface area contributed by atoms with Crippen LogP contribution in [0.3, 0.4) is 0 Å². The Hall–Kier alpha value is -4.16. The number of nitrogens with zero attached hydrogens (tertiary/aromatic N) is 8. The molecule has 8 rings (SSSR count). The van der Waals surface area contributed by atoms with Crippen LogP contribution in [0.15, 0.2) is 28.8 Å². The van der Waals surface area contributed by atoms with Crippen molar-refractivity contribution in [2.45, 2.75) is 69.1 Å². The summed E-state index contributed by atoms with van der Waals surface area (Å²) in [6.07, 6.45) is 4.55. The lowest BCUT2D eigenvalue weighted by Gasteiger charge is -2.32. The molecule has 3 aliphatic heterocycles. The van der Waals surface area contributed by atoms with Gasteiger partial charge in [-0.1, -0.05) is 29.4 Å². The van der Waals surface area contributed by atoms with E-state index in [1.54, 1.807) is 6.92 Å². The van der Waals surface area contributed by atoms with E-state index in [-0.39, 0.29) is 36.3 Å². The Bertz CT molecular complexity index is 1890. The fraction of sp³-hybridized carbons (Fsp3) is 0.515. The smallest absolute Gasteiger partial charge is 0.321 e. The summed E-state index contributed by atoms with van der Waals surface area (Å²) in [6.45, 7) is 7.36. The summed E-state index contributed by atoms with van der Waals surface area (Å²) in [4.78, 5) is 24.5. The summed E-state index contributed by atoms with van der Waals surface area (Å²) in [5, 5.41) is 25.7. The maximum absolute atomic E-state index is 10.9. The van der Waals surface area contributed by atoms with E-state index < -0.39 is 11.0 Å². The highest BCUT2D eigenvalue weighted by molar-refractivity contribution is 7.16. The van der Waals surface area contributed by atoms with Gasteiger partial charge in [-0.25, -0.2) is 0 Å². The number of nitrogen functional groups attached to an aromatic ring is 1. The van der Waals surface area contributed by atoms with E-state index in [1.807, 2.05) is 11.8 Å². The minimum Gasteiger partial charge on any atom is -0.461 e. The predicted molar refractivity (Wildman–Crippen MR) is 173 cm³/mol. The highest BCUT2D eigenvalue weighted by Gasteiger charge is 2.49. The monoisotopic (exact) mass is 655 g/mol. The van der Waals surface area contributed by atoms with Crippen molar-refractivity contribution >= 4 is 22.3 Å². The van der Waals surface area contributed by atoms with E-state index in [9.17, 15) is 10.4 Å². The number of aromatic nitrogens is 5. The Balaban J connectivity index is 1.17. The molecule has 14 heteroatoms. The van der Waals surface area contributed by atoms with Gasteiger partial charge in [-0.3, -0.25) is 4.90 Å². The number of nitrogens with two attached hydrogens (primary N) is 1. The summed E-state index contributed by atoms with van der Waals surface area (Å²) in [5.74, 6) is 1.09. The normalized spacial score (nSPS) is 27.1. The molecule has 0 saturated carbocycles. The van der Waals surface area contributed by atoms with Crippen LogP contribution >= 0.6 is 11.3 Å². The zero-order chi connectivity index (χ0) is 32.4. The third-order valence-corrected chi connectivity index (χ3v) is 11.2. The van der Waals surface area contributed by atoms with Gasteiger partial charge in [0.25, 0.3) is 0 Å². The lowest BCUT2D eigenvalue weighted by Crippen LogP contribution is -2.42. The van der Waals surface area contributed by atoms with Gasteiger partial charge < -0.3 is 29.7 Å². The number of rotatable bonds is 6. The number of aryl methyl sites for hydroxylation is 1. The van der Waals surface area contributed by atoms with Crippen LogP contribution in [0.25, 0.3) is 11.6 Å². The summed E-state index contributed by atoms with van der Waals surface area (Å²) >= 11 is 1.46. The van der Waals surface area contributed by atoms with Crippen molar-refractivity contribution in [2.75, 3.05) is 50.1 Å². The van der Waals surface area contributed by atoms with Crippen molar-refractivity contribution in [1.82, 2.24) is 30.0 Å². The van der Waals surface area contributed by atoms with E-state index in [0.29, 0.717) is 42.2 Å². The van der Waals surface area contributed by atoms with Gasteiger partial charge in [0.1, 0.15) is 23.3 Å². The zero-order valence-electron chi connectivity index (χ0n) is 26.5. The van der Waals surface area contributed by atoms with E-state index in [2.05, 4.69) is 40.4 Å². The number of ether oxygens (including phenoxy) is 2. The van der Waals surface area contributed by atoms with Crippen LogP contribution in [-0.2, 0) is 28.7 Å². The van der Waals surface area contributed by atoms with Crippen molar-refractivity contribution in [3.8, 4) is 23.7 Å². The minimum atomic E-state index is -1.10. The summed E-state index contributed by atoms with van der Waals surface area (Å²) < 4.78 is 18.1. The van der Waals surface area contributed by atoms with Crippen molar-refractivity contribution < 1.29 is 19.1 Å². The first-order chi connectivity index (χ1) is 22.7. The lowest BCUT2D eigenvalue weighted by molar-refractivity contribution is -0.0123. The standard InChI is InChI=1S/C33H37N9O4S/c1-31(43)17-41(13-14-44-18-31)29-37-26(27-36-28(46-40-27)32(2)10-5-9-23-24(32)21(15-34)25(35)47-23)38-30(39-29)45-19-33-11-6-12-42(33)16-20-7-3-4-8-22(20)33/h3-4,7-8,43H,5-6,9-14,16-19,35H2,1-2H3/t31-,32+,33-/m1/s1. The molecule has 47 heavy (non-hydrogen) atoms. The molecule has 2 saturated heterocycles. The number of thiophene rings is 1. The molecule has 13 nitrogen and oxygen atoms in total. The summed E-state index contributed by atoms with van der Waals surface area (Å²) in [5.41, 5.74) is 8.17. The average Bonchev–Trinajstić information content (AvgIpc) is 3.81. The molecule has 3 atom stereocenters. The van der Waals surface area contributed by atoms with Crippen LogP contribution in [0.1, 0.15) is 72.6 Å². The summed E-state index contributed by atoms with van der Waals surface area (Å²) in [6, 6.07) is 11.0. The molecule has 6 heterocycles. The highest BCUT2D eigenvalue weighted by atomic mass is 32.1. The molecular weight excluding hydrogens is 618 g/mol. The van der Waals surface area contributed by atoms with Gasteiger partial charge in [0.15, 0.2) is 0 Å². The highest BCUT2D eigenvalue weighted by Crippen LogP contribution is 2.49. The minimum absolute atomic E-state index is 0.148. The lowest BCUT2D eigenvalue weighted by atomic mass is 9.72. The molecule has 1 aromatic carbocycles. The SMILES string of the molecule is C[C@]1(O)COCCN(c2nc(OC[C@@]34CCCN3Cc3ccccc34)nc(-c3noc([C@@]4(C)CCCc5sc(N)c(C#N)c54)n3)n2)C1. The maximum atomic E-state index is 10.9. The Kier molecular flexibility index (Phi) is 7.21. The molecule has 1 aliphatic carbocycles. The molecule has 0 amide bonds. The number of anilines is 2. The van der Waals surface area contributed by atoms with Crippen LogP contribution in [0, 0.1) is 11.3 Å². The van der Waals surface area contributed by atoms with Crippen molar-refractivity contribution in [3.63, 3.8) is 0 Å². The van der Waals surface area contributed by atoms with Crippen LogP contribution in [0.5, 0.6) is 6.01 Å². The number of fused-ring (bicyclic) bond motifs is 4. The number of β-amino-alcohol motifs (C(OH)–C–C–N with tert-alkyl or cyclic N) is 1. The Morgan fingerprint density at radius 2 is 1.98 bits per heavy atom. The Morgan fingerprint density at radius 3 is 2.85 bits per heavy atom. The molecule has 0 spiro atoms. The first-order valence-corrected chi connectivity index (χ1v) is 16.9. The average molecular weight is 656 g/mol. The Labute approximate surface area is 276 Å². The second kappa shape index (κ2) is 11.2. The largest absolute Gasteiger partial charge is 0.461 e. The second-order valence-corrected chi connectivity index (χ2v) is 14.7. The molecule has 0 bridgehead atoms. The predicted octanol–water partition coefficient (Wildman–Crippen LogP) is 3.55. The molecule has 4 aliphatic rings. The van der Waals surface area contributed by atoms with Gasteiger partial charge in [0, 0.05) is 23.5 Å². The van der Waals surface area contributed by atoms with Crippen molar-refractivity contribution in [1.29, 1.82) is 5.26 Å². The van der Waals surface area contributed by atoms with E-state index in [1.165, 1.54) is 22.5 Å². The zero-order valence-corrected chi connectivity index (χ0v) is 27.3. The molecular formula is C33H37N9O4S. The van der Waals surface area contributed by atoms with E-state index >= 15 is 0 Å². The van der Waals surface area contributed by atoms with Gasteiger partial charge in [0.2, 0.25) is 23.5 Å². The molecule has 244 valence electrons. The maximum Gasteiger partial charge on any atom is 0.321 e. The number of nitriles is 1. The molecule has 3 aromatic heterocycles. The van der Waals surface area contributed by atoms with Crippen LogP contribution < -0.4 is 15.4 Å². The summed E-state index contributed by atoms with van der Waals surface area (Å²) in [7, 11) is 0. The van der Waals surface area contributed by atoms with Crippen LogP contribution in [0.2, 0.25) is 0 Å². The van der Waals surface area contributed by atoms with Crippen LogP contribution in [0.4, 0.5) is 10.9 Å². The number of hydrogen-bond acceptors (Lipinski definition) is 14. The number of benzene rings is 1. The molecule has 0 unspecified atom stereocenters. The third-order valence-electron chi connectivity index (χ3n) is 10.1. The topological polar surface area (TPSA) is 173 Å². The Morgan fingerprint density at radius 1 is 1.11 bits per heavy atom. The van der Waals surface area contributed by atoms with Gasteiger partial charge >= 0.3 is 6.01 Å². The van der Waals surface area contributed by atoms with Crippen molar-refractivity contribution in [2.24, 2.45) is 0 Å². The van der Waals surface area contributed by atoms with E-state index in [0.717, 1.165) is 55.6 Å². The van der Waals surface area contributed by atoms with Gasteiger partial charge in [-0.05, 0) is 63.6 Å². The van der Waals surface area contributed by atoms with Gasteiger partial charge in [-0.15, -0.1) is 11.3 Å². The number of hydrogen-bond donors (Lipinski definition) is 2. The first-order valence-electron chi connectivity index (χ1n) is 16.1. The molecule has 3 N–H and O–H groups in total. The fourth-order valence-electron chi connectivity index (χ4n) is 7.89. The third kappa shape index (κ3) is 5.04. The van der Waals surface area contributed by atoms with Gasteiger partial charge in [0.05, 0.1) is 36.3 Å².